The molecule has 31 heavy (non-hydrogen) atoms. The molecule has 0 radical (unpaired) electrons. The van der Waals surface area contributed by atoms with Gasteiger partial charge in [0, 0.05) is 19.5 Å². The topological polar surface area (TPSA) is 77.9 Å². The van der Waals surface area contributed by atoms with E-state index in [-0.39, 0.29) is 11.6 Å². The lowest BCUT2D eigenvalue weighted by atomic mass is 9.67. The number of alkyl halides is 6. The number of benzene rings is 1. The van der Waals surface area contributed by atoms with Gasteiger partial charge in [0.2, 0.25) is 17.6 Å². The maximum atomic E-state index is 12.9. The van der Waals surface area contributed by atoms with Crippen molar-refractivity contribution in [1.29, 1.82) is 0 Å². The Morgan fingerprint density at radius 1 is 1.03 bits per heavy atom. The van der Waals surface area contributed by atoms with Gasteiger partial charge in [-0.1, -0.05) is 6.07 Å². The minimum atomic E-state index is -4.64. The summed E-state index contributed by atoms with van der Waals surface area (Å²) in [6, 6.07) is 3.81. The van der Waals surface area contributed by atoms with Gasteiger partial charge in [-0.25, -0.2) is 4.90 Å². The number of nitrogens with zero attached hydrogens (tertiary/aromatic N) is 2. The number of hydroxylamine groups is 2. The van der Waals surface area contributed by atoms with Gasteiger partial charge in [-0.05, 0) is 37.0 Å². The molecule has 170 valence electrons. The molecule has 12 heteroatoms. The second kappa shape index (κ2) is 7.90. The van der Waals surface area contributed by atoms with E-state index < -0.39 is 53.4 Å². The first-order valence-electron chi connectivity index (χ1n) is 9.31. The molecule has 4 aliphatic rings. The maximum absolute atomic E-state index is 12.9. The Morgan fingerprint density at radius 3 is 2.13 bits per heavy atom. The normalized spacial score (nSPS) is 28.3. The molecule has 1 aromatic carbocycles. The summed E-state index contributed by atoms with van der Waals surface area (Å²) in [5.74, 6) is -4.09. The van der Waals surface area contributed by atoms with Crippen molar-refractivity contribution in [3.63, 3.8) is 0 Å². The largest absolute Gasteiger partial charge is 0.449 e. The Balaban J connectivity index is 0.000000339. The van der Waals surface area contributed by atoms with E-state index in [1.807, 2.05) is 0 Å². The number of hydrogen-bond acceptors (Lipinski definition) is 5. The number of halogens is 6. The van der Waals surface area contributed by atoms with Crippen LogP contribution in [0.25, 0.3) is 0 Å². The van der Waals surface area contributed by atoms with E-state index in [2.05, 4.69) is 0 Å². The molecule has 3 heterocycles. The van der Waals surface area contributed by atoms with Gasteiger partial charge >= 0.3 is 12.4 Å². The van der Waals surface area contributed by atoms with E-state index in [1.54, 1.807) is 0 Å². The average molecular weight is 452 g/mol. The summed E-state index contributed by atoms with van der Waals surface area (Å²) in [6.07, 6.45) is -7.84. The highest BCUT2D eigenvalue weighted by Crippen LogP contribution is 2.49. The molecular formula is C19H18F6N2O4. The van der Waals surface area contributed by atoms with Crippen molar-refractivity contribution in [3.05, 3.63) is 29.8 Å². The number of carbonyl (C=O) groups excluding carboxylic acids is 3. The molecule has 1 saturated carbocycles. The summed E-state index contributed by atoms with van der Waals surface area (Å²) in [5.41, 5.74) is -0.958. The Hall–Kier alpha value is -2.47. The lowest BCUT2D eigenvalue weighted by Crippen LogP contribution is -2.57. The predicted octanol–water partition coefficient (Wildman–Crippen LogP) is 3.43. The van der Waals surface area contributed by atoms with Crippen molar-refractivity contribution in [2.75, 3.05) is 11.4 Å². The Labute approximate surface area is 172 Å². The van der Waals surface area contributed by atoms with Crippen LogP contribution in [0.5, 0.6) is 0 Å². The second-order valence-electron chi connectivity index (χ2n) is 7.69. The number of hydrogen-bond donors (Lipinski definition) is 1. The fourth-order valence-corrected chi connectivity index (χ4v) is 4.35. The molecule has 0 spiro atoms. The van der Waals surface area contributed by atoms with Crippen molar-refractivity contribution in [2.24, 2.45) is 17.8 Å². The van der Waals surface area contributed by atoms with Crippen LogP contribution in [0.1, 0.15) is 25.3 Å². The zero-order chi connectivity index (χ0) is 23.3. The third-order valence-electron chi connectivity index (χ3n) is 5.79. The van der Waals surface area contributed by atoms with Crippen LogP contribution in [0.4, 0.5) is 32.0 Å². The molecule has 2 amide bonds. The lowest BCUT2D eigenvalue weighted by Gasteiger charge is -2.47. The van der Waals surface area contributed by atoms with Gasteiger partial charge in [-0.15, -0.1) is 0 Å². The minimum Gasteiger partial charge on any atom is -0.314 e. The summed E-state index contributed by atoms with van der Waals surface area (Å²) < 4.78 is 71.2. The molecule has 1 N–H and O–H groups in total. The standard InChI is InChI=1S/C16H15F3N2O3.C3H3F3O/c17-16(18,19)9-2-1-3-10(6-9)21-14(22)12-8-4-5-11(20(24)7-8)13(12)15(21)23;1-2(7)3(4,5)6/h1-3,6,8,11-13,24H,4-5,7H2;1H3/t8?,11?,12-,13+;/m0./s1. The van der Waals surface area contributed by atoms with Crippen molar-refractivity contribution in [1.82, 2.24) is 5.06 Å². The third-order valence-corrected chi connectivity index (χ3v) is 5.79. The molecule has 1 aliphatic carbocycles. The van der Waals surface area contributed by atoms with Crippen LogP contribution in [0.15, 0.2) is 24.3 Å². The smallest absolute Gasteiger partial charge is 0.314 e. The van der Waals surface area contributed by atoms with E-state index in [1.165, 1.54) is 12.1 Å². The van der Waals surface area contributed by atoms with E-state index in [0.29, 0.717) is 19.9 Å². The minimum absolute atomic E-state index is 0.0573. The van der Waals surface area contributed by atoms with Gasteiger partial charge in [0.25, 0.3) is 0 Å². The first-order chi connectivity index (χ1) is 14.2. The monoisotopic (exact) mass is 452 g/mol. The van der Waals surface area contributed by atoms with Gasteiger partial charge < -0.3 is 5.21 Å². The van der Waals surface area contributed by atoms with Crippen LogP contribution < -0.4 is 4.90 Å². The van der Waals surface area contributed by atoms with Crippen LogP contribution in [-0.2, 0) is 20.6 Å². The molecule has 2 bridgehead atoms. The second-order valence-corrected chi connectivity index (χ2v) is 7.69. The fourth-order valence-electron chi connectivity index (χ4n) is 4.35. The molecule has 0 aromatic heterocycles. The van der Waals surface area contributed by atoms with Crippen molar-refractivity contribution >= 4 is 23.3 Å². The quantitative estimate of drug-likeness (QED) is 0.522. The van der Waals surface area contributed by atoms with Gasteiger partial charge in [-0.3, -0.25) is 14.4 Å². The average Bonchev–Trinajstić information content (AvgIpc) is 2.94. The summed E-state index contributed by atoms with van der Waals surface area (Å²) in [5, 5.41) is 11.1. The first-order valence-corrected chi connectivity index (χ1v) is 9.31. The van der Waals surface area contributed by atoms with E-state index in [4.69, 9.17) is 0 Å². The van der Waals surface area contributed by atoms with Gasteiger partial charge in [0.05, 0.1) is 23.1 Å². The van der Waals surface area contributed by atoms with Crippen molar-refractivity contribution < 1.29 is 45.9 Å². The number of anilines is 1. The lowest BCUT2D eigenvalue weighted by molar-refractivity contribution is -0.206. The van der Waals surface area contributed by atoms with E-state index in [9.17, 15) is 45.9 Å². The number of ketones is 1. The number of imide groups is 1. The van der Waals surface area contributed by atoms with Crippen LogP contribution in [0.2, 0.25) is 0 Å². The van der Waals surface area contributed by atoms with Crippen molar-refractivity contribution in [2.45, 2.75) is 38.2 Å². The number of Topliss-reactive ketones (excluding diaryl/α,β-unsaturated/α-hetero) is 1. The third kappa shape index (κ3) is 4.31. The number of amides is 2. The zero-order valence-corrected chi connectivity index (χ0v) is 16.1. The van der Waals surface area contributed by atoms with Crippen LogP contribution in [0.3, 0.4) is 0 Å². The number of rotatable bonds is 1. The number of fused-ring (bicyclic) bond motifs is 2. The maximum Gasteiger partial charge on any atom is 0.449 e. The summed E-state index contributed by atoms with van der Waals surface area (Å²) >= 11 is 0. The molecule has 5 rings (SSSR count). The molecule has 6 nitrogen and oxygen atoms in total. The van der Waals surface area contributed by atoms with Crippen LogP contribution in [-0.4, -0.2) is 46.6 Å². The molecule has 3 saturated heterocycles. The summed E-state index contributed by atoms with van der Waals surface area (Å²) in [6.45, 7) is 0.807. The Morgan fingerprint density at radius 2 is 1.61 bits per heavy atom. The first kappa shape index (κ1) is 23.2. The van der Waals surface area contributed by atoms with Crippen LogP contribution in [0, 0.1) is 17.8 Å². The summed E-state index contributed by atoms with van der Waals surface area (Å²) in [4.78, 5) is 35.7. The number of carbonyl (C=O) groups is 3. The molecule has 1 aromatic rings. The summed E-state index contributed by atoms with van der Waals surface area (Å²) in [7, 11) is 0. The van der Waals surface area contributed by atoms with Crippen molar-refractivity contribution in [3.8, 4) is 0 Å². The predicted molar refractivity (Wildman–Crippen MR) is 92.7 cm³/mol. The SMILES string of the molecule is CC(=O)C(F)(F)F.O=C1[C@@H]2C3CCC(CN3O)[C@@H]2C(=O)N1c1cccc(C(F)(F)F)c1. The molecule has 2 unspecified atom stereocenters. The molecule has 3 aliphatic heterocycles. The molecule has 4 atom stereocenters. The van der Waals surface area contributed by atoms with Crippen LogP contribution >= 0.6 is 0 Å². The van der Waals surface area contributed by atoms with Gasteiger partial charge in [0.1, 0.15) is 0 Å². The highest BCUT2D eigenvalue weighted by molar-refractivity contribution is 6.22. The fraction of sp³-hybridized carbons (Fsp3) is 0.526. The van der Waals surface area contributed by atoms with E-state index in [0.717, 1.165) is 28.5 Å². The van der Waals surface area contributed by atoms with E-state index >= 15 is 0 Å². The molecular weight excluding hydrogens is 434 g/mol. The zero-order valence-electron chi connectivity index (χ0n) is 16.1. The number of piperidine rings is 2. The Bertz CT molecular complexity index is 900. The van der Waals surface area contributed by atoms with Gasteiger partial charge in [0.15, 0.2) is 0 Å². The highest BCUT2D eigenvalue weighted by atomic mass is 19.4. The Kier molecular flexibility index (Phi) is 5.91. The molecule has 4 fully saturated rings. The van der Waals surface area contributed by atoms with Gasteiger partial charge in [-0.2, -0.15) is 31.4 Å². The highest BCUT2D eigenvalue weighted by Gasteiger charge is 2.60.